The van der Waals surface area contributed by atoms with Crippen LogP contribution in [0.3, 0.4) is 0 Å². The van der Waals surface area contributed by atoms with Crippen LogP contribution in [0.5, 0.6) is 0 Å². The van der Waals surface area contributed by atoms with Crippen molar-refractivity contribution in [3.63, 3.8) is 0 Å². The zero-order valence-corrected chi connectivity index (χ0v) is 12.1. The van der Waals surface area contributed by atoms with Gasteiger partial charge >= 0.3 is 0 Å². The molecule has 20 heavy (non-hydrogen) atoms. The van der Waals surface area contributed by atoms with Crippen molar-refractivity contribution in [2.45, 2.75) is 26.7 Å². The molecule has 1 nitrogen and oxygen atoms in total. The highest BCUT2D eigenvalue weighted by molar-refractivity contribution is 6.09. The van der Waals surface area contributed by atoms with E-state index in [1.54, 1.807) is 0 Å². The van der Waals surface area contributed by atoms with E-state index in [0.29, 0.717) is 11.8 Å². The number of Topliss-reactive ketones (excluding diaryl/α,β-unsaturated/α-hetero) is 1. The van der Waals surface area contributed by atoms with E-state index in [9.17, 15) is 4.79 Å². The monoisotopic (exact) mass is 264 g/mol. The van der Waals surface area contributed by atoms with E-state index in [4.69, 9.17) is 0 Å². The average molecular weight is 264 g/mol. The van der Waals surface area contributed by atoms with E-state index >= 15 is 0 Å². The molecule has 1 aliphatic rings. The lowest BCUT2D eigenvalue weighted by Gasteiger charge is -2.24. The van der Waals surface area contributed by atoms with Crippen LogP contribution < -0.4 is 0 Å². The molecule has 0 N–H and O–H groups in total. The van der Waals surface area contributed by atoms with Gasteiger partial charge < -0.3 is 0 Å². The minimum atomic E-state index is -0.0488. The molecule has 0 aliphatic heterocycles. The molecule has 2 atom stereocenters. The van der Waals surface area contributed by atoms with Crippen LogP contribution in [0.2, 0.25) is 0 Å². The van der Waals surface area contributed by atoms with Gasteiger partial charge in [-0.15, -0.1) is 0 Å². The zero-order chi connectivity index (χ0) is 14.5. The van der Waals surface area contributed by atoms with Crippen LogP contribution in [-0.4, -0.2) is 5.78 Å². The Bertz CT molecular complexity index is 596. The van der Waals surface area contributed by atoms with E-state index in [0.717, 1.165) is 29.6 Å². The van der Waals surface area contributed by atoms with Crippen molar-refractivity contribution in [3.8, 4) is 11.8 Å². The van der Waals surface area contributed by atoms with Gasteiger partial charge in [-0.3, -0.25) is 4.79 Å². The maximum atomic E-state index is 12.3. The lowest BCUT2D eigenvalue weighted by atomic mass is 9.79. The van der Waals surface area contributed by atoms with E-state index in [1.165, 1.54) is 0 Å². The normalized spacial score (nSPS) is 21.4. The average Bonchev–Trinajstić information content (AvgIpc) is 2.46. The molecule has 1 aromatic carbocycles. The van der Waals surface area contributed by atoms with Crippen LogP contribution in [0, 0.1) is 23.7 Å². The molecule has 0 aromatic heterocycles. The summed E-state index contributed by atoms with van der Waals surface area (Å²) in [5.74, 6) is 6.28. The summed E-state index contributed by atoms with van der Waals surface area (Å²) in [5.41, 5.74) is 2.85. The van der Waals surface area contributed by atoms with Crippen LogP contribution in [0.1, 0.15) is 32.3 Å². The molecule has 0 bridgehead atoms. The second kappa shape index (κ2) is 6.39. The largest absolute Gasteiger partial charge is 0.280 e. The van der Waals surface area contributed by atoms with E-state index in [-0.39, 0.29) is 5.78 Å². The predicted molar refractivity (Wildman–Crippen MR) is 83.1 cm³/mol. The molecule has 1 aromatic rings. The molecule has 0 fully saturated rings. The molecule has 0 heterocycles. The number of hydrogen-bond donors (Lipinski definition) is 0. The Balaban J connectivity index is 2.20. The number of ketones is 1. The standard InChI is InChI=1S/C19H20O/c1-14(2)17-11-9-15(3)18(13-17)19(20)12-10-16-7-5-4-6-8-16/h4-8,13,15,17H,1,9,11H2,2-3H3. The summed E-state index contributed by atoms with van der Waals surface area (Å²) in [4.78, 5) is 12.3. The van der Waals surface area contributed by atoms with Gasteiger partial charge in [0.1, 0.15) is 0 Å². The third-order valence-corrected chi connectivity index (χ3v) is 3.81. The van der Waals surface area contributed by atoms with Crippen LogP contribution in [0.4, 0.5) is 0 Å². The van der Waals surface area contributed by atoms with Gasteiger partial charge in [0, 0.05) is 11.1 Å². The van der Waals surface area contributed by atoms with Gasteiger partial charge in [0.05, 0.1) is 0 Å². The summed E-state index contributed by atoms with van der Waals surface area (Å²) in [6.45, 7) is 8.12. The number of allylic oxidation sites excluding steroid dienone is 3. The van der Waals surface area contributed by atoms with Gasteiger partial charge in [-0.25, -0.2) is 0 Å². The molecular weight excluding hydrogens is 244 g/mol. The summed E-state index contributed by atoms with van der Waals surface area (Å²) in [7, 11) is 0. The van der Waals surface area contributed by atoms with Crippen LogP contribution in [-0.2, 0) is 4.79 Å². The van der Waals surface area contributed by atoms with Gasteiger partial charge in [0.25, 0.3) is 0 Å². The lowest BCUT2D eigenvalue weighted by molar-refractivity contribution is -0.111. The zero-order valence-electron chi connectivity index (χ0n) is 12.1. The van der Waals surface area contributed by atoms with E-state index in [2.05, 4.69) is 31.4 Å². The Kier molecular flexibility index (Phi) is 4.58. The van der Waals surface area contributed by atoms with Gasteiger partial charge in [-0.1, -0.05) is 49.3 Å². The van der Waals surface area contributed by atoms with Crippen molar-refractivity contribution in [3.05, 3.63) is 59.7 Å². The van der Waals surface area contributed by atoms with Crippen molar-refractivity contribution in [1.82, 2.24) is 0 Å². The molecule has 0 amide bonds. The Morgan fingerprint density at radius 1 is 1.25 bits per heavy atom. The Hall–Kier alpha value is -2.07. The van der Waals surface area contributed by atoms with Crippen LogP contribution in [0.25, 0.3) is 0 Å². The Morgan fingerprint density at radius 2 is 1.95 bits per heavy atom. The highest BCUT2D eigenvalue weighted by Gasteiger charge is 2.23. The molecule has 1 heteroatoms. The minimum Gasteiger partial charge on any atom is -0.280 e. The second-order valence-electron chi connectivity index (χ2n) is 5.50. The number of carbonyl (C=O) groups is 1. The highest BCUT2D eigenvalue weighted by atomic mass is 16.1. The molecule has 0 saturated carbocycles. The first kappa shape index (κ1) is 14.3. The Morgan fingerprint density at radius 3 is 2.60 bits per heavy atom. The predicted octanol–water partition coefficient (Wildman–Crippen LogP) is 4.16. The molecule has 2 rings (SSSR count). The fourth-order valence-corrected chi connectivity index (χ4v) is 2.46. The number of rotatable bonds is 2. The van der Waals surface area contributed by atoms with Gasteiger partial charge in [0.2, 0.25) is 5.78 Å². The van der Waals surface area contributed by atoms with Crippen molar-refractivity contribution in [2.24, 2.45) is 11.8 Å². The molecule has 2 unspecified atom stereocenters. The molecule has 0 radical (unpaired) electrons. The fourth-order valence-electron chi connectivity index (χ4n) is 2.46. The van der Waals surface area contributed by atoms with Gasteiger partial charge in [-0.2, -0.15) is 0 Å². The molecular formula is C19H20O. The van der Waals surface area contributed by atoms with E-state index < -0.39 is 0 Å². The summed E-state index contributed by atoms with van der Waals surface area (Å²) < 4.78 is 0. The molecule has 0 spiro atoms. The lowest BCUT2D eigenvalue weighted by Crippen LogP contribution is -2.17. The van der Waals surface area contributed by atoms with Gasteiger partial charge in [-0.05, 0) is 49.7 Å². The van der Waals surface area contributed by atoms with Crippen molar-refractivity contribution < 1.29 is 4.79 Å². The van der Waals surface area contributed by atoms with Crippen LogP contribution in [0.15, 0.2) is 54.1 Å². The summed E-state index contributed by atoms with van der Waals surface area (Å²) >= 11 is 0. The molecule has 1 aliphatic carbocycles. The number of benzene rings is 1. The summed E-state index contributed by atoms with van der Waals surface area (Å²) in [6.07, 6.45) is 4.18. The SMILES string of the molecule is C=C(C)C1C=C(C(=O)C#Cc2ccccc2)C(C)CC1. The third kappa shape index (κ3) is 3.48. The van der Waals surface area contributed by atoms with Crippen LogP contribution >= 0.6 is 0 Å². The first-order valence-corrected chi connectivity index (χ1v) is 7.06. The maximum absolute atomic E-state index is 12.3. The first-order chi connectivity index (χ1) is 9.58. The van der Waals surface area contributed by atoms with E-state index in [1.807, 2.05) is 37.3 Å². The minimum absolute atomic E-state index is 0.0488. The van der Waals surface area contributed by atoms with Crippen molar-refractivity contribution in [1.29, 1.82) is 0 Å². The number of hydrogen-bond acceptors (Lipinski definition) is 1. The summed E-state index contributed by atoms with van der Waals surface area (Å²) in [5, 5.41) is 0. The smallest absolute Gasteiger partial charge is 0.232 e. The maximum Gasteiger partial charge on any atom is 0.232 e. The summed E-state index contributed by atoms with van der Waals surface area (Å²) in [6, 6.07) is 9.61. The van der Waals surface area contributed by atoms with Gasteiger partial charge in [0.15, 0.2) is 0 Å². The molecule has 0 saturated heterocycles. The highest BCUT2D eigenvalue weighted by Crippen LogP contribution is 2.31. The fraction of sp³-hybridized carbons (Fsp3) is 0.316. The topological polar surface area (TPSA) is 17.1 Å². The Labute approximate surface area is 121 Å². The third-order valence-electron chi connectivity index (χ3n) is 3.81. The quantitative estimate of drug-likeness (QED) is 0.579. The van der Waals surface area contributed by atoms with Crippen molar-refractivity contribution >= 4 is 5.78 Å². The first-order valence-electron chi connectivity index (χ1n) is 7.06. The molecule has 102 valence electrons. The van der Waals surface area contributed by atoms with Crippen molar-refractivity contribution in [2.75, 3.05) is 0 Å². The number of carbonyl (C=O) groups excluding carboxylic acids is 1. The second-order valence-corrected chi connectivity index (χ2v) is 5.50.